The van der Waals surface area contributed by atoms with Crippen LogP contribution in [0.3, 0.4) is 0 Å². The number of hydrogen-bond donors (Lipinski definition) is 2. The van der Waals surface area contributed by atoms with Gasteiger partial charge in [0.05, 0.1) is 6.61 Å². The minimum absolute atomic E-state index is 0.0468. The lowest BCUT2D eigenvalue weighted by Gasteiger charge is -2.15. The van der Waals surface area contributed by atoms with Crippen LogP contribution >= 0.6 is 0 Å². The van der Waals surface area contributed by atoms with Gasteiger partial charge in [-0.15, -0.1) is 0 Å². The van der Waals surface area contributed by atoms with E-state index >= 15 is 0 Å². The van der Waals surface area contributed by atoms with Crippen molar-refractivity contribution in [3.8, 4) is 5.75 Å². The molecule has 0 aromatic heterocycles. The summed E-state index contributed by atoms with van der Waals surface area (Å²) in [5, 5.41) is 2.85. The van der Waals surface area contributed by atoms with Crippen LogP contribution in [0.1, 0.15) is 43.6 Å². The number of benzene rings is 2. The van der Waals surface area contributed by atoms with Gasteiger partial charge in [-0.25, -0.2) is 13.1 Å². The van der Waals surface area contributed by atoms with Gasteiger partial charge in [0, 0.05) is 17.3 Å². The van der Waals surface area contributed by atoms with Gasteiger partial charge < -0.3 is 10.1 Å². The second-order valence-electron chi connectivity index (χ2n) is 6.34. The third kappa shape index (κ3) is 5.30. The predicted molar refractivity (Wildman–Crippen MR) is 107 cm³/mol. The van der Waals surface area contributed by atoms with Crippen LogP contribution in [0.5, 0.6) is 5.75 Å². The first kappa shape index (κ1) is 20.9. The fraction of sp³-hybridized carbons (Fsp3) is 0.350. The summed E-state index contributed by atoms with van der Waals surface area (Å²) < 4.78 is 33.3. The highest BCUT2D eigenvalue weighted by molar-refractivity contribution is 7.89. The van der Waals surface area contributed by atoms with Crippen molar-refractivity contribution in [3.05, 3.63) is 53.6 Å². The summed E-state index contributed by atoms with van der Waals surface area (Å²) in [5.74, 6) is -0.156. The monoisotopic (exact) mass is 390 g/mol. The highest BCUT2D eigenvalue weighted by Gasteiger charge is 2.23. The summed E-state index contributed by atoms with van der Waals surface area (Å²) in [4.78, 5) is 12.6. The smallest absolute Gasteiger partial charge is 0.255 e. The molecule has 0 saturated heterocycles. The van der Waals surface area contributed by atoms with Crippen LogP contribution in [0.15, 0.2) is 47.4 Å². The summed E-state index contributed by atoms with van der Waals surface area (Å²) in [6, 6.07) is 11.7. The largest absolute Gasteiger partial charge is 0.492 e. The van der Waals surface area contributed by atoms with Gasteiger partial charge in [0.15, 0.2) is 0 Å². The zero-order chi connectivity index (χ0) is 20.0. The molecule has 7 heteroatoms. The van der Waals surface area contributed by atoms with Gasteiger partial charge >= 0.3 is 0 Å². The van der Waals surface area contributed by atoms with Gasteiger partial charge in [-0.05, 0) is 57.0 Å². The van der Waals surface area contributed by atoms with Crippen LogP contribution < -0.4 is 14.8 Å². The van der Waals surface area contributed by atoms with Gasteiger partial charge in [0.2, 0.25) is 10.0 Å². The van der Waals surface area contributed by atoms with E-state index in [1.807, 2.05) is 31.2 Å². The Morgan fingerprint density at radius 2 is 1.81 bits per heavy atom. The molecule has 0 aliphatic heterocycles. The molecule has 0 aliphatic rings. The van der Waals surface area contributed by atoms with E-state index in [4.69, 9.17) is 4.74 Å². The highest BCUT2D eigenvalue weighted by atomic mass is 32.2. The van der Waals surface area contributed by atoms with E-state index < -0.39 is 10.0 Å². The summed E-state index contributed by atoms with van der Waals surface area (Å²) in [7, 11) is -3.81. The normalized spacial score (nSPS) is 11.4. The third-order valence-corrected chi connectivity index (χ3v) is 5.51. The van der Waals surface area contributed by atoms with E-state index in [1.54, 1.807) is 26.8 Å². The molecular weight excluding hydrogens is 364 g/mol. The number of para-hydroxylation sites is 1. The van der Waals surface area contributed by atoms with E-state index in [-0.39, 0.29) is 28.2 Å². The fourth-order valence-corrected chi connectivity index (χ4v) is 4.07. The van der Waals surface area contributed by atoms with Crippen molar-refractivity contribution in [1.82, 2.24) is 4.72 Å². The number of amides is 1. The molecule has 0 saturated carbocycles. The van der Waals surface area contributed by atoms with Crippen LogP contribution in [-0.2, 0) is 16.4 Å². The number of anilines is 1. The molecule has 0 unspecified atom stereocenters. The first-order valence-corrected chi connectivity index (χ1v) is 10.4. The van der Waals surface area contributed by atoms with Crippen LogP contribution in [0.2, 0.25) is 0 Å². The van der Waals surface area contributed by atoms with Crippen molar-refractivity contribution in [2.45, 2.75) is 45.1 Å². The van der Waals surface area contributed by atoms with E-state index in [0.717, 1.165) is 12.0 Å². The summed E-state index contributed by atoms with van der Waals surface area (Å²) >= 11 is 0. The molecule has 0 spiro atoms. The topological polar surface area (TPSA) is 84.5 Å². The number of nitrogens with one attached hydrogen (secondary N) is 2. The number of rotatable bonds is 8. The first-order valence-electron chi connectivity index (χ1n) is 8.97. The van der Waals surface area contributed by atoms with Crippen LogP contribution in [0.4, 0.5) is 5.69 Å². The van der Waals surface area contributed by atoms with Gasteiger partial charge in [0.25, 0.3) is 5.91 Å². The third-order valence-electron chi connectivity index (χ3n) is 3.83. The molecule has 0 aliphatic carbocycles. The molecule has 0 atom stereocenters. The summed E-state index contributed by atoms with van der Waals surface area (Å²) in [6.45, 7) is 7.56. The predicted octanol–water partition coefficient (Wildman–Crippen LogP) is 3.59. The molecule has 0 heterocycles. The molecule has 2 aromatic carbocycles. The first-order chi connectivity index (χ1) is 12.8. The number of ether oxygens (including phenoxy) is 1. The lowest BCUT2D eigenvalue weighted by Crippen LogP contribution is -2.30. The van der Waals surface area contributed by atoms with Crippen molar-refractivity contribution >= 4 is 21.6 Å². The molecule has 0 fully saturated rings. The Balaban J connectivity index is 2.40. The summed E-state index contributed by atoms with van der Waals surface area (Å²) in [5.41, 5.74) is 1.96. The van der Waals surface area contributed by atoms with Gasteiger partial charge in [-0.3, -0.25) is 4.79 Å². The zero-order valence-electron chi connectivity index (χ0n) is 16.1. The van der Waals surface area contributed by atoms with E-state index in [9.17, 15) is 13.2 Å². The fourth-order valence-electron chi connectivity index (χ4n) is 2.65. The van der Waals surface area contributed by atoms with Gasteiger partial charge in [-0.1, -0.05) is 25.1 Å². The van der Waals surface area contributed by atoms with Crippen LogP contribution in [0, 0.1) is 0 Å². The number of sulfonamides is 1. The molecule has 2 N–H and O–H groups in total. The number of hydrogen-bond acceptors (Lipinski definition) is 4. The maximum absolute atomic E-state index is 12.7. The van der Waals surface area contributed by atoms with E-state index in [1.165, 1.54) is 12.1 Å². The van der Waals surface area contributed by atoms with Crippen LogP contribution in [0.25, 0.3) is 0 Å². The molecule has 2 aromatic rings. The molecule has 27 heavy (non-hydrogen) atoms. The van der Waals surface area contributed by atoms with Crippen LogP contribution in [-0.4, -0.2) is 27.0 Å². The Bertz CT molecular complexity index is 908. The molecule has 0 bridgehead atoms. The standard InChI is InChI=1S/C20H26N2O4S/c1-5-15-9-7-8-10-17(15)21-20(23)16-11-12-18(26-6-2)19(13-16)27(24,25)22-14(3)4/h7-14,22H,5-6H2,1-4H3,(H,21,23). The van der Waals surface area contributed by atoms with E-state index in [2.05, 4.69) is 10.0 Å². The number of aryl methyl sites for hydroxylation is 1. The Morgan fingerprint density at radius 1 is 1.11 bits per heavy atom. The molecular formula is C20H26N2O4S. The van der Waals surface area contributed by atoms with E-state index in [0.29, 0.717) is 12.3 Å². The van der Waals surface area contributed by atoms with Crippen molar-refractivity contribution in [2.24, 2.45) is 0 Å². The molecule has 146 valence electrons. The molecule has 1 amide bonds. The molecule has 6 nitrogen and oxygen atoms in total. The molecule has 0 radical (unpaired) electrons. The maximum Gasteiger partial charge on any atom is 0.255 e. The lowest BCUT2D eigenvalue weighted by atomic mass is 10.1. The average molecular weight is 391 g/mol. The Labute approximate surface area is 161 Å². The van der Waals surface area contributed by atoms with Crippen molar-refractivity contribution in [3.63, 3.8) is 0 Å². The van der Waals surface area contributed by atoms with Gasteiger partial charge in [0.1, 0.15) is 10.6 Å². The summed E-state index contributed by atoms with van der Waals surface area (Å²) in [6.07, 6.45) is 0.775. The minimum atomic E-state index is -3.81. The average Bonchev–Trinajstić information content (AvgIpc) is 2.61. The Morgan fingerprint density at radius 3 is 2.44 bits per heavy atom. The van der Waals surface area contributed by atoms with Crippen molar-refractivity contribution < 1.29 is 17.9 Å². The second-order valence-corrected chi connectivity index (χ2v) is 8.02. The quantitative estimate of drug-likeness (QED) is 0.721. The lowest BCUT2D eigenvalue weighted by molar-refractivity contribution is 0.102. The molecule has 2 rings (SSSR count). The Hall–Kier alpha value is -2.38. The van der Waals surface area contributed by atoms with Crippen molar-refractivity contribution in [1.29, 1.82) is 0 Å². The van der Waals surface area contributed by atoms with Crippen molar-refractivity contribution in [2.75, 3.05) is 11.9 Å². The maximum atomic E-state index is 12.7. The van der Waals surface area contributed by atoms with Gasteiger partial charge in [-0.2, -0.15) is 0 Å². The minimum Gasteiger partial charge on any atom is -0.492 e. The number of carbonyl (C=O) groups excluding carboxylic acids is 1. The number of carbonyl (C=O) groups is 1. The zero-order valence-corrected chi connectivity index (χ0v) is 16.9. The Kier molecular flexibility index (Phi) is 6.98. The SMILES string of the molecule is CCOc1ccc(C(=O)Nc2ccccc2CC)cc1S(=O)(=O)NC(C)C. The second kappa shape index (κ2) is 9.01. The highest BCUT2D eigenvalue weighted by Crippen LogP contribution is 2.26.